The zero-order chi connectivity index (χ0) is 17.4. The highest BCUT2D eigenvalue weighted by molar-refractivity contribution is 8.00. The molecule has 0 unspecified atom stereocenters. The van der Waals surface area contributed by atoms with Crippen molar-refractivity contribution in [3.05, 3.63) is 0 Å². The molecule has 0 aromatic carbocycles. The summed E-state index contributed by atoms with van der Waals surface area (Å²) in [4.78, 5) is 7.50. The summed E-state index contributed by atoms with van der Waals surface area (Å²) in [7, 11) is 0. The van der Waals surface area contributed by atoms with Gasteiger partial charge in [-0.3, -0.25) is 4.99 Å². The molecule has 2 N–H and O–H groups in total. The highest BCUT2D eigenvalue weighted by atomic mass is 32.2. The van der Waals surface area contributed by atoms with Gasteiger partial charge in [0.25, 0.3) is 0 Å². The van der Waals surface area contributed by atoms with Crippen molar-refractivity contribution in [3.8, 4) is 0 Å². The molecule has 2 aliphatic rings. The minimum Gasteiger partial charge on any atom is -0.381 e. The van der Waals surface area contributed by atoms with E-state index in [0.717, 1.165) is 45.1 Å². The van der Waals surface area contributed by atoms with Crippen LogP contribution >= 0.6 is 11.8 Å². The molecule has 5 nitrogen and oxygen atoms in total. The lowest BCUT2D eigenvalue weighted by molar-refractivity contribution is 0.0794. The minimum atomic E-state index is 0.252. The van der Waals surface area contributed by atoms with E-state index in [1.54, 1.807) is 0 Å². The van der Waals surface area contributed by atoms with Crippen LogP contribution < -0.4 is 10.6 Å². The Labute approximate surface area is 152 Å². The van der Waals surface area contributed by atoms with Crippen molar-refractivity contribution >= 4 is 17.7 Å². The molecule has 2 fully saturated rings. The summed E-state index contributed by atoms with van der Waals surface area (Å²) >= 11 is 1.95. The lowest BCUT2D eigenvalue weighted by Crippen LogP contribution is -2.50. The number of likely N-dealkylation sites (tertiary alicyclic amines) is 1. The monoisotopic (exact) mass is 356 g/mol. The quantitative estimate of drug-likeness (QED) is 0.565. The Balaban J connectivity index is 1.89. The maximum absolute atomic E-state index is 5.53. The van der Waals surface area contributed by atoms with E-state index in [1.807, 2.05) is 11.8 Å². The van der Waals surface area contributed by atoms with E-state index in [-0.39, 0.29) is 4.75 Å². The summed E-state index contributed by atoms with van der Waals surface area (Å²) in [6, 6.07) is 1.19. The van der Waals surface area contributed by atoms with Gasteiger partial charge < -0.3 is 20.3 Å². The third-order valence-electron chi connectivity index (χ3n) is 5.31. The van der Waals surface area contributed by atoms with Gasteiger partial charge in [-0.25, -0.2) is 0 Å². The third-order valence-corrected chi connectivity index (χ3v) is 6.71. The van der Waals surface area contributed by atoms with Crippen molar-refractivity contribution in [2.75, 3.05) is 45.6 Å². The van der Waals surface area contributed by atoms with Gasteiger partial charge >= 0.3 is 0 Å². The van der Waals surface area contributed by atoms with Crippen molar-refractivity contribution in [1.29, 1.82) is 0 Å². The van der Waals surface area contributed by atoms with Crippen LogP contribution in [0.25, 0.3) is 0 Å². The first-order valence-electron chi connectivity index (χ1n) is 9.50. The number of hydrogen-bond donors (Lipinski definition) is 2. The van der Waals surface area contributed by atoms with E-state index in [2.05, 4.69) is 42.6 Å². The number of thioether (sulfide) groups is 1. The Morgan fingerprint density at radius 1 is 1.29 bits per heavy atom. The second-order valence-electron chi connectivity index (χ2n) is 7.24. The van der Waals surface area contributed by atoms with Crippen LogP contribution in [0.3, 0.4) is 0 Å². The lowest BCUT2D eigenvalue weighted by atomic mass is 9.99. The van der Waals surface area contributed by atoms with E-state index in [1.165, 1.54) is 25.9 Å². The minimum absolute atomic E-state index is 0.252. The average molecular weight is 357 g/mol. The first kappa shape index (κ1) is 19.9. The standard InChI is InChI=1S/C18H36N4OS/c1-5-19-17(20-14-18(24-4)8-12-23-13-9-18)21-16-6-10-22(11-7-16)15(2)3/h15-16H,5-14H2,1-4H3,(H2,19,20,21). The molecule has 0 aromatic heterocycles. The summed E-state index contributed by atoms with van der Waals surface area (Å²) < 4.78 is 5.79. The predicted molar refractivity (Wildman–Crippen MR) is 105 cm³/mol. The van der Waals surface area contributed by atoms with Gasteiger partial charge in [-0.05, 0) is 52.7 Å². The molecule has 2 rings (SSSR count). The van der Waals surface area contributed by atoms with Gasteiger partial charge in [-0.1, -0.05) is 0 Å². The van der Waals surface area contributed by atoms with Gasteiger partial charge in [0.1, 0.15) is 0 Å². The van der Waals surface area contributed by atoms with E-state index >= 15 is 0 Å². The highest BCUT2D eigenvalue weighted by Gasteiger charge is 2.31. The van der Waals surface area contributed by atoms with E-state index in [9.17, 15) is 0 Å². The maximum atomic E-state index is 5.53. The van der Waals surface area contributed by atoms with Crippen molar-refractivity contribution in [2.24, 2.45) is 4.99 Å². The molecule has 0 spiro atoms. The van der Waals surface area contributed by atoms with Crippen molar-refractivity contribution in [3.63, 3.8) is 0 Å². The summed E-state index contributed by atoms with van der Waals surface area (Å²) in [5.41, 5.74) is 0. The number of piperidine rings is 1. The van der Waals surface area contributed by atoms with Gasteiger partial charge in [0.05, 0.1) is 6.54 Å². The van der Waals surface area contributed by atoms with Gasteiger partial charge in [-0.15, -0.1) is 0 Å². The molecule has 24 heavy (non-hydrogen) atoms. The number of nitrogens with one attached hydrogen (secondary N) is 2. The molecule has 0 saturated carbocycles. The second-order valence-corrected chi connectivity index (χ2v) is 8.52. The molecule has 2 heterocycles. The first-order chi connectivity index (χ1) is 11.6. The predicted octanol–water partition coefficient (Wildman–Crippen LogP) is 2.33. The molecular weight excluding hydrogens is 320 g/mol. The summed E-state index contributed by atoms with van der Waals surface area (Å²) in [5, 5.41) is 7.10. The van der Waals surface area contributed by atoms with Gasteiger partial charge in [0, 0.05) is 49.7 Å². The van der Waals surface area contributed by atoms with Crippen molar-refractivity contribution in [2.45, 2.75) is 63.3 Å². The summed E-state index contributed by atoms with van der Waals surface area (Å²) in [5.74, 6) is 0.986. The van der Waals surface area contributed by atoms with Crippen LogP contribution in [0, 0.1) is 0 Å². The molecule has 0 amide bonds. The number of rotatable bonds is 6. The molecule has 0 aliphatic carbocycles. The molecule has 0 radical (unpaired) electrons. The number of ether oxygens (including phenoxy) is 1. The fraction of sp³-hybridized carbons (Fsp3) is 0.944. The van der Waals surface area contributed by atoms with Gasteiger partial charge in [-0.2, -0.15) is 11.8 Å². The third kappa shape index (κ3) is 5.81. The smallest absolute Gasteiger partial charge is 0.191 e. The molecule has 2 saturated heterocycles. The zero-order valence-electron chi connectivity index (χ0n) is 15.9. The van der Waals surface area contributed by atoms with Crippen LogP contribution in [0.15, 0.2) is 4.99 Å². The van der Waals surface area contributed by atoms with Crippen molar-refractivity contribution < 1.29 is 4.74 Å². The fourth-order valence-electron chi connectivity index (χ4n) is 3.47. The normalized spacial score (nSPS) is 23.5. The Morgan fingerprint density at radius 2 is 1.96 bits per heavy atom. The lowest BCUT2D eigenvalue weighted by Gasteiger charge is -2.36. The largest absolute Gasteiger partial charge is 0.381 e. The fourth-order valence-corrected chi connectivity index (χ4v) is 4.24. The van der Waals surface area contributed by atoms with Gasteiger partial charge in [0.2, 0.25) is 0 Å². The molecule has 0 atom stereocenters. The van der Waals surface area contributed by atoms with Crippen LogP contribution in [0.4, 0.5) is 0 Å². The number of hydrogen-bond acceptors (Lipinski definition) is 4. The van der Waals surface area contributed by atoms with Crippen LogP contribution in [-0.2, 0) is 4.74 Å². The van der Waals surface area contributed by atoms with Gasteiger partial charge in [0.15, 0.2) is 5.96 Å². The van der Waals surface area contributed by atoms with E-state index in [0.29, 0.717) is 12.1 Å². The molecule has 0 bridgehead atoms. The van der Waals surface area contributed by atoms with Crippen LogP contribution in [0.5, 0.6) is 0 Å². The first-order valence-corrected chi connectivity index (χ1v) is 10.7. The van der Waals surface area contributed by atoms with Crippen LogP contribution in [0.1, 0.15) is 46.5 Å². The average Bonchev–Trinajstić information content (AvgIpc) is 2.61. The molecular formula is C18H36N4OS. The topological polar surface area (TPSA) is 48.9 Å². The SMILES string of the molecule is CCNC(=NCC1(SC)CCOCC1)NC1CCN(C(C)C)CC1. The summed E-state index contributed by atoms with van der Waals surface area (Å²) in [6.07, 6.45) is 6.81. The molecule has 0 aromatic rings. The Hall–Kier alpha value is -0.460. The number of guanidine groups is 1. The molecule has 6 heteroatoms. The van der Waals surface area contributed by atoms with Crippen molar-refractivity contribution in [1.82, 2.24) is 15.5 Å². The summed E-state index contributed by atoms with van der Waals surface area (Å²) in [6.45, 7) is 12.6. The van der Waals surface area contributed by atoms with Crippen LogP contribution in [-0.4, -0.2) is 73.3 Å². The second kappa shape index (κ2) is 9.88. The van der Waals surface area contributed by atoms with E-state index < -0.39 is 0 Å². The zero-order valence-corrected chi connectivity index (χ0v) is 16.8. The number of aliphatic imine (C=N–C) groups is 1. The molecule has 140 valence electrons. The number of nitrogens with zero attached hydrogens (tertiary/aromatic N) is 2. The van der Waals surface area contributed by atoms with E-state index in [4.69, 9.17) is 9.73 Å². The van der Waals surface area contributed by atoms with Crippen LogP contribution in [0.2, 0.25) is 0 Å². The Morgan fingerprint density at radius 3 is 2.50 bits per heavy atom. The highest BCUT2D eigenvalue weighted by Crippen LogP contribution is 2.34. The Kier molecular flexibility index (Phi) is 8.17. The Bertz CT molecular complexity index is 388. The molecule has 2 aliphatic heterocycles. The maximum Gasteiger partial charge on any atom is 0.191 e.